The smallest absolute Gasteiger partial charge is 0.322 e. The Kier molecular flexibility index (Phi) is 2.32. The number of hydrogen-bond donors (Lipinski definition) is 3. The molecule has 4 amide bonds. The highest BCUT2D eigenvalue weighted by molar-refractivity contribution is 6.07. The van der Waals surface area contributed by atoms with Gasteiger partial charge >= 0.3 is 12.0 Å². The molecule has 3 aliphatic rings. The van der Waals surface area contributed by atoms with E-state index in [-0.39, 0.29) is 12.5 Å². The lowest BCUT2D eigenvalue weighted by molar-refractivity contribution is -0.141. The molecule has 8 nitrogen and oxygen atoms in total. The van der Waals surface area contributed by atoms with E-state index in [0.29, 0.717) is 19.4 Å². The van der Waals surface area contributed by atoms with Gasteiger partial charge in [-0.2, -0.15) is 0 Å². The fourth-order valence-corrected chi connectivity index (χ4v) is 2.79. The fraction of sp³-hybridized carbons (Fsp3) is 0.636. The molecular formula is C11H13N3O5. The van der Waals surface area contributed by atoms with E-state index in [1.54, 1.807) is 0 Å². The minimum Gasteiger partial charge on any atom is -0.481 e. The Morgan fingerprint density at radius 1 is 1.32 bits per heavy atom. The molecule has 3 rings (SSSR count). The quantitative estimate of drug-likeness (QED) is 0.527. The third-order valence-electron chi connectivity index (χ3n) is 4.02. The number of carbonyl (C=O) groups excluding carboxylic acids is 3. The number of rotatable bonds is 2. The van der Waals surface area contributed by atoms with Crippen molar-refractivity contribution in [3.63, 3.8) is 0 Å². The van der Waals surface area contributed by atoms with Crippen molar-refractivity contribution in [3.05, 3.63) is 0 Å². The highest BCUT2D eigenvalue weighted by Gasteiger charge is 2.55. The minimum atomic E-state index is -1.03. The maximum absolute atomic E-state index is 12.1. The van der Waals surface area contributed by atoms with Crippen molar-refractivity contribution in [2.45, 2.75) is 18.4 Å². The third-order valence-corrected chi connectivity index (χ3v) is 4.02. The van der Waals surface area contributed by atoms with E-state index in [9.17, 15) is 19.2 Å². The minimum absolute atomic E-state index is 0.117. The molecule has 2 aliphatic heterocycles. The van der Waals surface area contributed by atoms with Crippen molar-refractivity contribution in [2.75, 3.05) is 13.1 Å². The van der Waals surface area contributed by atoms with Crippen LogP contribution < -0.4 is 10.6 Å². The Hall–Kier alpha value is -2.12. The molecule has 1 aliphatic carbocycles. The van der Waals surface area contributed by atoms with E-state index >= 15 is 0 Å². The second-order valence-corrected chi connectivity index (χ2v) is 5.29. The monoisotopic (exact) mass is 267 g/mol. The van der Waals surface area contributed by atoms with Crippen LogP contribution in [-0.2, 0) is 14.4 Å². The van der Waals surface area contributed by atoms with Crippen LogP contribution in [0.15, 0.2) is 0 Å². The van der Waals surface area contributed by atoms with Crippen LogP contribution in [0, 0.1) is 11.8 Å². The molecule has 0 aromatic rings. The molecule has 0 radical (unpaired) electrons. The lowest BCUT2D eigenvalue weighted by Crippen LogP contribution is -2.49. The summed E-state index contributed by atoms with van der Waals surface area (Å²) in [6, 6.07) is -0.547. The molecule has 2 heterocycles. The maximum atomic E-state index is 12.1. The summed E-state index contributed by atoms with van der Waals surface area (Å²) in [5.41, 5.74) is -1.03. The highest BCUT2D eigenvalue weighted by atomic mass is 16.4. The Morgan fingerprint density at radius 2 is 2.05 bits per heavy atom. The van der Waals surface area contributed by atoms with Crippen molar-refractivity contribution >= 4 is 23.8 Å². The number of hydrogen-bond acceptors (Lipinski definition) is 4. The Morgan fingerprint density at radius 3 is 2.58 bits per heavy atom. The number of aliphatic carboxylic acids is 1. The number of imide groups is 1. The zero-order chi connectivity index (χ0) is 13.8. The molecule has 2 saturated heterocycles. The van der Waals surface area contributed by atoms with Crippen molar-refractivity contribution in [3.8, 4) is 0 Å². The van der Waals surface area contributed by atoms with Gasteiger partial charge in [0.1, 0.15) is 5.54 Å². The summed E-state index contributed by atoms with van der Waals surface area (Å²) in [5, 5.41) is 13.5. The van der Waals surface area contributed by atoms with E-state index in [1.807, 2.05) is 0 Å². The van der Waals surface area contributed by atoms with Crippen LogP contribution in [0.5, 0.6) is 0 Å². The zero-order valence-corrected chi connectivity index (χ0v) is 10.0. The zero-order valence-electron chi connectivity index (χ0n) is 10.0. The summed E-state index contributed by atoms with van der Waals surface area (Å²) in [7, 11) is 0. The standard InChI is InChI=1S/C11H13N3O5/c15-7(5-3-6(5)8(16)17)14-2-1-11(4-14)9(18)12-10(19)13-11/h5-6H,1-4H2,(H,16,17)(H2,12,13,18,19). The van der Waals surface area contributed by atoms with Crippen LogP contribution in [0.4, 0.5) is 4.79 Å². The van der Waals surface area contributed by atoms with Gasteiger partial charge in [-0.1, -0.05) is 0 Å². The molecule has 3 unspecified atom stereocenters. The molecule has 0 bridgehead atoms. The predicted molar refractivity (Wildman–Crippen MR) is 59.8 cm³/mol. The van der Waals surface area contributed by atoms with Gasteiger partial charge in [-0.05, 0) is 12.8 Å². The molecule has 102 valence electrons. The number of likely N-dealkylation sites (tertiary alicyclic amines) is 1. The molecule has 3 fully saturated rings. The molecule has 3 atom stereocenters. The van der Waals surface area contributed by atoms with Gasteiger partial charge in [0.2, 0.25) is 5.91 Å². The number of carbonyl (C=O) groups is 4. The van der Waals surface area contributed by atoms with Crippen molar-refractivity contribution in [2.24, 2.45) is 11.8 Å². The summed E-state index contributed by atoms with van der Waals surface area (Å²) >= 11 is 0. The van der Waals surface area contributed by atoms with Crippen LogP contribution in [0.25, 0.3) is 0 Å². The Bertz CT molecular complexity index is 505. The SMILES string of the molecule is O=C1NC(=O)C2(CCN(C(=O)C3CC3C(=O)O)C2)N1. The van der Waals surface area contributed by atoms with E-state index in [4.69, 9.17) is 5.11 Å². The highest BCUT2D eigenvalue weighted by Crippen LogP contribution is 2.41. The Labute approximate surface area is 108 Å². The van der Waals surface area contributed by atoms with Crippen LogP contribution in [-0.4, -0.2) is 52.4 Å². The first-order valence-corrected chi connectivity index (χ1v) is 6.08. The van der Waals surface area contributed by atoms with Gasteiger partial charge in [-0.25, -0.2) is 4.79 Å². The van der Waals surface area contributed by atoms with E-state index < -0.39 is 35.3 Å². The number of carboxylic acid groups (broad SMARTS) is 1. The van der Waals surface area contributed by atoms with E-state index in [0.717, 1.165) is 0 Å². The van der Waals surface area contributed by atoms with Crippen molar-refractivity contribution < 1.29 is 24.3 Å². The van der Waals surface area contributed by atoms with Gasteiger partial charge < -0.3 is 15.3 Å². The average Bonchev–Trinajstić information content (AvgIpc) is 2.96. The molecule has 1 saturated carbocycles. The molecule has 3 N–H and O–H groups in total. The van der Waals surface area contributed by atoms with Gasteiger partial charge in [0.15, 0.2) is 0 Å². The number of carboxylic acids is 1. The van der Waals surface area contributed by atoms with Crippen LogP contribution >= 0.6 is 0 Å². The molecule has 0 aromatic heterocycles. The summed E-state index contributed by atoms with van der Waals surface area (Å²) in [6.07, 6.45) is 0.719. The second kappa shape index (κ2) is 3.69. The summed E-state index contributed by atoms with van der Waals surface area (Å²) in [6.45, 7) is 0.474. The van der Waals surface area contributed by atoms with Gasteiger partial charge in [0.05, 0.1) is 18.4 Å². The topological polar surface area (TPSA) is 116 Å². The number of nitrogens with zero attached hydrogens (tertiary/aromatic N) is 1. The first kappa shape index (κ1) is 11.9. The lowest BCUT2D eigenvalue weighted by Gasteiger charge is -2.21. The molecule has 0 aromatic carbocycles. The van der Waals surface area contributed by atoms with Crippen LogP contribution in [0.2, 0.25) is 0 Å². The molecule has 1 spiro atoms. The van der Waals surface area contributed by atoms with Gasteiger partial charge in [-0.3, -0.25) is 19.7 Å². The summed E-state index contributed by atoms with van der Waals surface area (Å²) in [5.74, 6) is -2.69. The first-order valence-electron chi connectivity index (χ1n) is 6.08. The fourth-order valence-electron chi connectivity index (χ4n) is 2.79. The normalized spacial score (nSPS) is 36.3. The molecule has 19 heavy (non-hydrogen) atoms. The van der Waals surface area contributed by atoms with E-state index in [2.05, 4.69) is 10.6 Å². The largest absolute Gasteiger partial charge is 0.481 e. The number of nitrogens with one attached hydrogen (secondary N) is 2. The summed E-state index contributed by atoms with van der Waals surface area (Å²) < 4.78 is 0. The van der Waals surface area contributed by atoms with Crippen molar-refractivity contribution in [1.82, 2.24) is 15.5 Å². The maximum Gasteiger partial charge on any atom is 0.322 e. The van der Waals surface area contributed by atoms with E-state index in [1.165, 1.54) is 4.90 Å². The van der Waals surface area contributed by atoms with Gasteiger partial charge in [-0.15, -0.1) is 0 Å². The van der Waals surface area contributed by atoms with Gasteiger partial charge in [0.25, 0.3) is 5.91 Å². The van der Waals surface area contributed by atoms with Crippen LogP contribution in [0.3, 0.4) is 0 Å². The second-order valence-electron chi connectivity index (χ2n) is 5.29. The van der Waals surface area contributed by atoms with Gasteiger partial charge in [0, 0.05) is 6.54 Å². The first-order chi connectivity index (χ1) is 8.93. The predicted octanol–water partition coefficient (Wildman–Crippen LogP) is -1.48. The van der Waals surface area contributed by atoms with Crippen molar-refractivity contribution in [1.29, 1.82) is 0 Å². The van der Waals surface area contributed by atoms with Crippen LogP contribution in [0.1, 0.15) is 12.8 Å². The molecule has 8 heteroatoms. The molecular weight excluding hydrogens is 254 g/mol. The average molecular weight is 267 g/mol. The Balaban J connectivity index is 1.67. The third kappa shape index (κ3) is 1.74. The lowest BCUT2D eigenvalue weighted by atomic mass is 9.99. The number of urea groups is 1. The number of amides is 4. The summed E-state index contributed by atoms with van der Waals surface area (Å²) in [4.78, 5) is 47.1.